The topological polar surface area (TPSA) is 58.3 Å². The van der Waals surface area contributed by atoms with Crippen LogP contribution in [0.2, 0.25) is 0 Å². The zero-order valence-corrected chi connectivity index (χ0v) is 9.64. The Labute approximate surface area is 87.0 Å². The summed E-state index contributed by atoms with van der Waals surface area (Å²) in [5.74, 6) is 0. The van der Waals surface area contributed by atoms with Gasteiger partial charge in [-0.3, -0.25) is 0 Å². The van der Waals surface area contributed by atoms with E-state index in [-0.39, 0.29) is 11.6 Å². The van der Waals surface area contributed by atoms with Crippen LogP contribution in [0.15, 0.2) is 0 Å². The Balaban J connectivity index is 2.18. The number of hydroxylamine groups is 1. The molecule has 0 aromatic rings. The molecule has 1 atom stereocenters. The van der Waals surface area contributed by atoms with Crippen molar-refractivity contribution in [2.24, 2.45) is 11.1 Å². The van der Waals surface area contributed by atoms with Crippen molar-refractivity contribution in [1.82, 2.24) is 5.48 Å². The van der Waals surface area contributed by atoms with Gasteiger partial charge in [0, 0.05) is 11.6 Å². The molecule has 3 heteroatoms. The predicted molar refractivity (Wildman–Crippen MR) is 58.2 cm³/mol. The van der Waals surface area contributed by atoms with Crippen LogP contribution in [-0.4, -0.2) is 16.8 Å². The molecule has 3 nitrogen and oxygen atoms in total. The molecule has 0 saturated heterocycles. The Hall–Kier alpha value is -0.120. The second-order valence-electron chi connectivity index (χ2n) is 5.81. The van der Waals surface area contributed by atoms with Gasteiger partial charge in [-0.25, -0.2) is 0 Å². The van der Waals surface area contributed by atoms with Gasteiger partial charge in [-0.2, -0.15) is 5.48 Å². The third kappa shape index (κ3) is 3.95. The summed E-state index contributed by atoms with van der Waals surface area (Å²) in [5.41, 5.74) is 8.66. The van der Waals surface area contributed by atoms with E-state index >= 15 is 0 Å². The van der Waals surface area contributed by atoms with Crippen molar-refractivity contribution in [2.75, 3.05) is 0 Å². The number of nitrogens with two attached hydrogens (primary N) is 1. The zero-order valence-electron chi connectivity index (χ0n) is 9.64. The lowest BCUT2D eigenvalue weighted by molar-refractivity contribution is 0.0714. The van der Waals surface area contributed by atoms with Gasteiger partial charge < -0.3 is 10.9 Å². The number of hydrogen-bond donors (Lipinski definition) is 3. The minimum Gasteiger partial charge on any atom is -0.328 e. The van der Waals surface area contributed by atoms with Crippen molar-refractivity contribution in [3.8, 4) is 0 Å². The maximum absolute atomic E-state index is 8.88. The number of nitrogens with one attached hydrogen (secondary N) is 1. The van der Waals surface area contributed by atoms with E-state index in [9.17, 15) is 0 Å². The van der Waals surface area contributed by atoms with Crippen molar-refractivity contribution in [3.63, 3.8) is 0 Å². The lowest BCUT2D eigenvalue weighted by Gasteiger charge is -2.26. The monoisotopic (exact) mass is 200 g/mol. The van der Waals surface area contributed by atoms with Crippen LogP contribution >= 0.6 is 0 Å². The molecule has 1 aliphatic carbocycles. The first kappa shape index (κ1) is 12.0. The molecule has 14 heavy (non-hydrogen) atoms. The van der Waals surface area contributed by atoms with E-state index in [2.05, 4.69) is 12.4 Å². The molecule has 1 fully saturated rings. The van der Waals surface area contributed by atoms with E-state index in [0.29, 0.717) is 5.41 Å². The summed E-state index contributed by atoms with van der Waals surface area (Å²) >= 11 is 0. The highest BCUT2D eigenvalue weighted by molar-refractivity contribution is 4.90. The van der Waals surface area contributed by atoms with Crippen LogP contribution in [0.4, 0.5) is 0 Å². The number of hydrogen-bond acceptors (Lipinski definition) is 3. The largest absolute Gasteiger partial charge is 0.328 e. The summed E-state index contributed by atoms with van der Waals surface area (Å²) in [7, 11) is 0. The maximum Gasteiger partial charge on any atom is 0.0388 e. The normalized spacial score (nSPS) is 22.1. The standard InChI is InChI=1S/C11H24N2O/c1-10(2,13-14)8-9(12)4-5-11(3)6-7-11/h9,13-14H,4-8,12H2,1-3H3. The van der Waals surface area contributed by atoms with Gasteiger partial charge in [0.05, 0.1) is 0 Å². The Bertz CT molecular complexity index is 188. The van der Waals surface area contributed by atoms with Crippen LogP contribution in [0.5, 0.6) is 0 Å². The Kier molecular flexibility index (Phi) is 3.56. The van der Waals surface area contributed by atoms with Crippen molar-refractivity contribution in [2.45, 2.75) is 64.5 Å². The fraction of sp³-hybridized carbons (Fsp3) is 1.00. The van der Waals surface area contributed by atoms with E-state index in [1.807, 2.05) is 13.8 Å². The van der Waals surface area contributed by atoms with Crippen molar-refractivity contribution < 1.29 is 5.21 Å². The van der Waals surface area contributed by atoms with Crippen LogP contribution in [-0.2, 0) is 0 Å². The van der Waals surface area contributed by atoms with E-state index in [4.69, 9.17) is 10.9 Å². The molecule has 84 valence electrons. The van der Waals surface area contributed by atoms with Gasteiger partial charge in [-0.15, -0.1) is 0 Å². The summed E-state index contributed by atoms with van der Waals surface area (Å²) in [6, 6.07) is 0.196. The first-order valence-corrected chi connectivity index (χ1v) is 5.54. The Morgan fingerprint density at radius 1 is 1.50 bits per heavy atom. The van der Waals surface area contributed by atoms with Crippen LogP contribution in [0, 0.1) is 5.41 Å². The first-order chi connectivity index (χ1) is 6.37. The summed E-state index contributed by atoms with van der Waals surface area (Å²) in [6.45, 7) is 6.26. The van der Waals surface area contributed by atoms with Gasteiger partial charge >= 0.3 is 0 Å². The van der Waals surface area contributed by atoms with E-state index in [1.54, 1.807) is 0 Å². The molecule has 0 aliphatic heterocycles. The molecule has 0 radical (unpaired) electrons. The second-order valence-corrected chi connectivity index (χ2v) is 5.81. The van der Waals surface area contributed by atoms with Crippen molar-refractivity contribution in [1.29, 1.82) is 0 Å². The minimum absolute atomic E-state index is 0.196. The molecule has 1 unspecified atom stereocenters. The SMILES string of the molecule is CC1(CCC(N)CC(C)(C)NO)CC1. The fourth-order valence-corrected chi connectivity index (χ4v) is 1.80. The van der Waals surface area contributed by atoms with Gasteiger partial charge in [-0.1, -0.05) is 6.92 Å². The molecule has 1 aliphatic rings. The predicted octanol–water partition coefficient (Wildman–Crippen LogP) is 2.04. The average Bonchev–Trinajstić information content (AvgIpc) is 2.81. The lowest BCUT2D eigenvalue weighted by atomic mass is 9.91. The summed E-state index contributed by atoms with van der Waals surface area (Å²) in [6.07, 6.45) is 5.85. The van der Waals surface area contributed by atoms with Crippen molar-refractivity contribution >= 4 is 0 Å². The highest BCUT2D eigenvalue weighted by Crippen LogP contribution is 2.49. The highest BCUT2D eigenvalue weighted by atomic mass is 16.5. The zero-order chi connectivity index (χ0) is 10.8. The van der Waals surface area contributed by atoms with Gasteiger partial charge in [0.15, 0.2) is 0 Å². The molecular weight excluding hydrogens is 176 g/mol. The van der Waals surface area contributed by atoms with E-state index in [1.165, 1.54) is 19.3 Å². The van der Waals surface area contributed by atoms with Crippen LogP contribution < -0.4 is 11.2 Å². The highest BCUT2D eigenvalue weighted by Gasteiger charge is 2.37. The van der Waals surface area contributed by atoms with Crippen LogP contribution in [0.3, 0.4) is 0 Å². The molecule has 0 spiro atoms. The summed E-state index contributed by atoms with van der Waals surface area (Å²) < 4.78 is 0. The quantitative estimate of drug-likeness (QED) is 0.575. The molecule has 0 bridgehead atoms. The van der Waals surface area contributed by atoms with Gasteiger partial charge in [-0.05, 0) is 51.4 Å². The van der Waals surface area contributed by atoms with Gasteiger partial charge in [0.1, 0.15) is 0 Å². The third-order valence-electron chi connectivity index (χ3n) is 3.30. The molecule has 0 heterocycles. The summed E-state index contributed by atoms with van der Waals surface area (Å²) in [5, 5.41) is 8.88. The lowest BCUT2D eigenvalue weighted by Crippen LogP contribution is -2.42. The molecule has 1 saturated carbocycles. The minimum atomic E-state index is -0.260. The summed E-state index contributed by atoms with van der Waals surface area (Å²) in [4.78, 5) is 0. The first-order valence-electron chi connectivity index (χ1n) is 5.54. The van der Waals surface area contributed by atoms with Gasteiger partial charge in [0.25, 0.3) is 0 Å². The molecule has 0 aromatic heterocycles. The molecule has 0 aromatic carbocycles. The number of rotatable bonds is 6. The van der Waals surface area contributed by atoms with Crippen LogP contribution in [0.1, 0.15) is 52.9 Å². The molecule has 0 amide bonds. The second kappa shape index (κ2) is 4.17. The fourth-order valence-electron chi connectivity index (χ4n) is 1.80. The van der Waals surface area contributed by atoms with Gasteiger partial charge in [0.2, 0.25) is 0 Å². The molecule has 1 rings (SSSR count). The van der Waals surface area contributed by atoms with Crippen molar-refractivity contribution in [3.05, 3.63) is 0 Å². The van der Waals surface area contributed by atoms with Crippen LogP contribution in [0.25, 0.3) is 0 Å². The van der Waals surface area contributed by atoms with E-state index < -0.39 is 0 Å². The smallest absolute Gasteiger partial charge is 0.0388 e. The Morgan fingerprint density at radius 3 is 2.50 bits per heavy atom. The Morgan fingerprint density at radius 2 is 2.07 bits per heavy atom. The molecule has 4 N–H and O–H groups in total. The molecular formula is C11H24N2O. The maximum atomic E-state index is 8.88. The third-order valence-corrected chi connectivity index (χ3v) is 3.30. The average molecular weight is 200 g/mol. The van der Waals surface area contributed by atoms with E-state index in [0.717, 1.165) is 12.8 Å².